The van der Waals surface area contributed by atoms with Gasteiger partial charge in [0.2, 0.25) is 5.24 Å². The third-order valence-corrected chi connectivity index (χ3v) is 0.658. The Hall–Kier alpha value is -0.340. The van der Waals surface area contributed by atoms with E-state index in [0.717, 1.165) is 7.11 Å². The molecule has 0 aromatic heterocycles. The highest BCUT2D eigenvalue weighted by Crippen LogP contribution is 1.91. The second kappa shape index (κ2) is 6.66. The van der Waals surface area contributed by atoms with Crippen LogP contribution in [-0.2, 0) is 4.79 Å². The first-order chi connectivity index (χ1) is 3.64. The van der Waals surface area contributed by atoms with Crippen LogP contribution in [0, 0.1) is 0 Å². The molecule has 0 aliphatic carbocycles. The molecule has 0 spiro atoms. The summed E-state index contributed by atoms with van der Waals surface area (Å²) in [5.74, 6) is 0. The first-order valence-corrected chi connectivity index (χ1v) is 2.32. The number of allylic oxidation sites excluding steroid dienone is 1. The van der Waals surface area contributed by atoms with Crippen LogP contribution in [-0.4, -0.2) is 17.5 Å². The minimum atomic E-state index is -0.463. The van der Waals surface area contributed by atoms with Crippen LogP contribution in [0.15, 0.2) is 12.2 Å². The van der Waals surface area contributed by atoms with Crippen molar-refractivity contribution in [3.8, 4) is 0 Å². The van der Waals surface area contributed by atoms with Gasteiger partial charge in [-0.25, -0.2) is 0 Å². The van der Waals surface area contributed by atoms with Crippen molar-refractivity contribution in [2.45, 2.75) is 6.92 Å². The Morgan fingerprint density at radius 3 is 1.75 bits per heavy atom. The van der Waals surface area contributed by atoms with Crippen LogP contribution in [0.4, 0.5) is 0 Å². The molecule has 48 valence electrons. The molecule has 0 saturated carbocycles. The van der Waals surface area contributed by atoms with E-state index in [9.17, 15) is 4.79 Å². The van der Waals surface area contributed by atoms with Crippen molar-refractivity contribution in [3.63, 3.8) is 0 Å². The van der Waals surface area contributed by atoms with E-state index in [1.807, 2.05) is 0 Å². The van der Waals surface area contributed by atoms with Gasteiger partial charge in [0.25, 0.3) is 0 Å². The molecular formula is C5H9ClO2. The summed E-state index contributed by atoms with van der Waals surface area (Å²) in [5.41, 5.74) is 0.386. The molecule has 0 rings (SSSR count). The van der Waals surface area contributed by atoms with Crippen molar-refractivity contribution in [1.29, 1.82) is 0 Å². The molecule has 0 heterocycles. The van der Waals surface area contributed by atoms with Crippen molar-refractivity contribution >= 4 is 16.8 Å². The highest BCUT2D eigenvalue weighted by Gasteiger charge is 1.89. The lowest BCUT2D eigenvalue weighted by Crippen LogP contribution is -1.81. The third kappa shape index (κ3) is 9.18. The predicted octanol–water partition coefficient (Wildman–Crippen LogP) is 0.936. The predicted molar refractivity (Wildman–Crippen MR) is 33.8 cm³/mol. The zero-order valence-electron chi connectivity index (χ0n) is 4.94. The molecule has 0 bridgehead atoms. The van der Waals surface area contributed by atoms with Gasteiger partial charge in [-0.05, 0) is 18.5 Å². The fourth-order valence-electron chi connectivity index (χ4n) is 0. The highest BCUT2D eigenvalue weighted by molar-refractivity contribution is 6.67. The summed E-state index contributed by atoms with van der Waals surface area (Å²) >= 11 is 4.87. The van der Waals surface area contributed by atoms with Gasteiger partial charge < -0.3 is 5.11 Å². The van der Waals surface area contributed by atoms with E-state index in [1.165, 1.54) is 0 Å². The number of rotatable bonds is 1. The zero-order valence-corrected chi connectivity index (χ0v) is 5.70. The van der Waals surface area contributed by atoms with Gasteiger partial charge in [-0.2, -0.15) is 0 Å². The van der Waals surface area contributed by atoms with Gasteiger partial charge in [-0.1, -0.05) is 6.58 Å². The average Bonchev–Trinajstić information content (AvgIpc) is 1.72. The average molecular weight is 137 g/mol. The van der Waals surface area contributed by atoms with Crippen molar-refractivity contribution in [2.24, 2.45) is 0 Å². The van der Waals surface area contributed by atoms with Crippen molar-refractivity contribution < 1.29 is 9.90 Å². The van der Waals surface area contributed by atoms with Gasteiger partial charge in [0.15, 0.2) is 0 Å². The molecule has 0 amide bonds. The first-order valence-electron chi connectivity index (χ1n) is 1.94. The molecule has 0 atom stereocenters. The van der Waals surface area contributed by atoms with Gasteiger partial charge in [0.05, 0.1) is 0 Å². The summed E-state index contributed by atoms with van der Waals surface area (Å²) in [7, 11) is 1.00. The van der Waals surface area contributed by atoms with Gasteiger partial charge in [0, 0.05) is 12.7 Å². The minimum Gasteiger partial charge on any atom is -0.400 e. The number of aliphatic hydroxyl groups is 1. The Bertz CT molecular complexity index is 76.4. The van der Waals surface area contributed by atoms with Gasteiger partial charge in [-0.15, -0.1) is 0 Å². The van der Waals surface area contributed by atoms with E-state index >= 15 is 0 Å². The zero-order chi connectivity index (χ0) is 7.15. The molecule has 0 aromatic rings. The molecule has 0 aromatic carbocycles. The summed E-state index contributed by atoms with van der Waals surface area (Å²) in [6, 6.07) is 0. The topological polar surface area (TPSA) is 37.3 Å². The fraction of sp³-hybridized carbons (Fsp3) is 0.400. The number of halogens is 1. The Balaban J connectivity index is 0. The monoisotopic (exact) mass is 136 g/mol. The number of carbonyl (C=O) groups excluding carboxylic acids is 1. The van der Waals surface area contributed by atoms with Crippen LogP contribution >= 0.6 is 11.6 Å². The molecule has 0 unspecified atom stereocenters. The molecule has 0 aliphatic rings. The Kier molecular flexibility index (Phi) is 8.83. The second-order valence-corrected chi connectivity index (χ2v) is 1.40. The Labute approximate surface area is 53.8 Å². The molecule has 1 N–H and O–H groups in total. The smallest absolute Gasteiger partial charge is 0.247 e. The summed E-state index contributed by atoms with van der Waals surface area (Å²) in [5, 5.41) is 6.54. The van der Waals surface area contributed by atoms with Crippen LogP contribution in [0.2, 0.25) is 0 Å². The summed E-state index contributed by atoms with van der Waals surface area (Å²) in [6.07, 6.45) is 0. The van der Waals surface area contributed by atoms with Gasteiger partial charge in [0.1, 0.15) is 0 Å². The molecule has 0 aliphatic heterocycles. The molecule has 0 saturated heterocycles. The summed E-state index contributed by atoms with van der Waals surface area (Å²) in [6.45, 7) is 4.84. The second-order valence-electron chi connectivity index (χ2n) is 1.05. The van der Waals surface area contributed by atoms with E-state index in [0.29, 0.717) is 5.57 Å². The number of aliphatic hydroxyl groups excluding tert-OH is 1. The quantitative estimate of drug-likeness (QED) is 0.430. The molecule has 0 fully saturated rings. The van der Waals surface area contributed by atoms with E-state index < -0.39 is 5.24 Å². The van der Waals surface area contributed by atoms with Crippen LogP contribution in [0.25, 0.3) is 0 Å². The van der Waals surface area contributed by atoms with Crippen molar-refractivity contribution in [1.82, 2.24) is 0 Å². The van der Waals surface area contributed by atoms with E-state index in [4.69, 9.17) is 16.7 Å². The molecule has 3 heteroatoms. The normalized spacial score (nSPS) is 6.50. The van der Waals surface area contributed by atoms with E-state index in [-0.39, 0.29) is 0 Å². The van der Waals surface area contributed by atoms with Gasteiger partial charge >= 0.3 is 0 Å². The highest BCUT2D eigenvalue weighted by atomic mass is 35.5. The third-order valence-electron chi connectivity index (χ3n) is 0.336. The number of hydrogen-bond donors (Lipinski definition) is 1. The van der Waals surface area contributed by atoms with Crippen molar-refractivity contribution in [3.05, 3.63) is 12.2 Å². The maximum absolute atomic E-state index is 9.81. The van der Waals surface area contributed by atoms with E-state index in [2.05, 4.69) is 6.58 Å². The van der Waals surface area contributed by atoms with E-state index in [1.54, 1.807) is 6.92 Å². The molecule has 2 nitrogen and oxygen atoms in total. The lowest BCUT2D eigenvalue weighted by Gasteiger charge is -1.77. The maximum atomic E-state index is 9.81. The van der Waals surface area contributed by atoms with Crippen LogP contribution in [0.5, 0.6) is 0 Å². The maximum Gasteiger partial charge on any atom is 0.247 e. The van der Waals surface area contributed by atoms with Crippen LogP contribution in [0.1, 0.15) is 6.92 Å². The number of hydrogen-bond acceptors (Lipinski definition) is 2. The van der Waals surface area contributed by atoms with Crippen LogP contribution in [0.3, 0.4) is 0 Å². The first kappa shape index (κ1) is 10.6. The fourth-order valence-corrected chi connectivity index (χ4v) is 0. The standard InChI is InChI=1S/C4H5ClO.CH4O/c1-3(2)4(5)6;1-2/h1H2,2H3;2H,1H3. The summed E-state index contributed by atoms with van der Waals surface area (Å²) in [4.78, 5) is 9.81. The lowest BCUT2D eigenvalue weighted by molar-refractivity contribution is -0.108. The molecule has 8 heavy (non-hydrogen) atoms. The Morgan fingerprint density at radius 2 is 1.75 bits per heavy atom. The molecular weight excluding hydrogens is 128 g/mol. The largest absolute Gasteiger partial charge is 0.400 e. The van der Waals surface area contributed by atoms with Crippen LogP contribution < -0.4 is 0 Å². The minimum absolute atomic E-state index is 0.386. The van der Waals surface area contributed by atoms with Crippen molar-refractivity contribution in [2.75, 3.05) is 7.11 Å². The molecule has 0 radical (unpaired) electrons. The number of carbonyl (C=O) groups is 1. The Morgan fingerprint density at radius 1 is 1.62 bits per heavy atom. The lowest BCUT2D eigenvalue weighted by atomic mass is 10.4. The van der Waals surface area contributed by atoms with Gasteiger partial charge in [-0.3, -0.25) is 4.79 Å². The SMILES string of the molecule is C=C(C)C(=O)Cl.CO. The summed E-state index contributed by atoms with van der Waals surface area (Å²) < 4.78 is 0.